The number of benzene rings is 1. The first-order valence-electron chi connectivity index (χ1n) is 8.97. The molecule has 1 atom stereocenters. The first-order valence-corrected chi connectivity index (χ1v) is 10.5. The van der Waals surface area contributed by atoms with E-state index < -0.39 is 16.1 Å². The van der Waals surface area contributed by atoms with Gasteiger partial charge in [-0.3, -0.25) is 4.79 Å². The van der Waals surface area contributed by atoms with Crippen LogP contribution < -0.4 is 14.8 Å². The van der Waals surface area contributed by atoms with Gasteiger partial charge in [0.25, 0.3) is 0 Å². The van der Waals surface area contributed by atoms with Crippen molar-refractivity contribution in [2.45, 2.75) is 50.6 Å². The van der Waals surface area contributed by atoms with E-state index >= 15 is 0 Å². The van der Waals surface area contributed by atoms with Crippen LogP contribution in [-0.2, 0) is 14.8 Å². The number of amides is 1. The van der Waals surface area contributed by atoms with Crippen molar-refractivity contribution in [3.05, 3.63) is 23.8 Å². The molecule has 0 bridgehead atoms. The average Bonchev–Trinajstić information content (AvgIpc) is 2.58. The fourth-order valence-electron chi connectivity index (χ4n) is 2.94. The third kappa shape index (κ3) is 5.43. The highest BCUT2D eigenvalue weighted by molar-refractivity contribution is 7.89. The molecule has 1 fully saturated rings. The minimum Gasteiger partial charge on any atom is -0.494 e. The highest BCUT2D eigenvalue weighted by atomic mass is 32.2. The molecule has 1 amide bonds. The van der Waals surface area contributed by atoms with Crippen molar-refractivity contribution < 1.29 is 17.9 Å². The summed E-state index contributed by atoms with van der Waals surface area (Å²) in [5, 5.41) is 2.94. The van der Waals surface area contributed by atoms with Crippen molar-refractivity contribution in [1.82, 2.24) is 14.9 Å². The van der Waals surface area contributed by atoms with Crippen LogP contribution in [0.15, 0.2) is 23.1 Å². The van der Waals surface area contributed by atoms with E-state index in [9.17, 15) is 13.2 Å². The van der Waals surface area contributed by atoms with Crippen molar-refractivity contribution in [2.75, 3.05) is 26.7 Å². The second kappa shape index (κ2) is 8.83. The summed E-state index contributed by atoms with van der Waals surface area (Å²) in [5.41, 5.74) is 0.734. The maximum Gasteiger partial charge on any atom is 0.241 e. The Morgan fingerprint density at radius 3 is 2.58 bits per heavy atom. The molecule has 0 aromatic heterocycles. The Bertz CT molecular complexity index is 728. The third-order valence-corrected chi connectivity index (χ3v) is 6.09. The Labute approximate surface area is 156 Å². The monoisotopic (exact) mass is 383 g/mol. The molecule has 26 heavy (non-hydrogen) atoms. The topological polar surface area (TPSA) is 87.7 Å². The Balaban J connectivity index is 1.99. The van der Waals surface area contributed by atoms with Gasteiger partial charge in [-0.05, 0) is 77.5 Å². The molecule has 2 N–H and O–H groups in total. The largest absolute Gasteiger partial charge is 0.494 e. The van der Waals surface area contributed by atoms with Crippen molar-refractivity contribution >= 4 is 15.9 Å². The average molecular weight is 384 g/mol. The van der Waals surface area contributed by atoms with Crippen LogP contribution in [0.4, 0.5) is 0 Å². The number of nitrogens with zero attached hydrogens (tertiary/aromatic N) is 1. The van der Waals surface area contributed by atoms with Crippen LogP contribution in [0, 0.1) is 6.92 Å². The second-order valence-electron chi connectivity index (χ2n) is 6.79. The molecule has 1 aliphatic heterocycles. The van der Waals surface area contributed by atoms with Gasteiger partial charge in [0.05, 0.1) is 17.5 Å². The molecular weight excluding hydrogens is 354 g/mol. The number of ether oxygens (including phenoxy) is 1. The Morgan fingerprint density at radius 2 is 2.00 bits per heavy atom. The van der Waals surface area contributed by atoms with Gasteiger partial charge < -0.3 is 15.0 Å². The zero-order chi connectivity index (χ0) is 19.3. The van der Waals surface area contributed by atoms with Gasteiger partial charge in [0.1, 0.15) is 5.75 Å². The number of rotatable bonds is 7. The van der Waals surface area contributed by atoms with E-state index in [4.69, 9.17) is 4.74 Å². The predicted molar refractivity (Wildman–Crippen MR) is 101 cm³/mol. The molecule has 0 radical (unpaired) electrons. The zero-order valence-corrected chi connectivity index (χ0v) is 16.7. The lowest BCUT2D eigenvalue weighted by atomic mass is 10.1. The summed E-state index contributed by atoms with van der Waals surface area (Å²) in [6.07, 6.45) is 1.75. The third-order valence-electron chi connectivity index (χ3n) is 4.55. The number of nitrogens with one attached hydrogen (secondary N) is 2. The summed E-state index contributed by atoms with van der Waals surface area (Å²) in [6, 6.07) is 3.93. The molecule has 1 aromatic rings. The molecule has 8 heteroatoms. The van der Waals surface area contributed by atoms with Gasteiger partial charge in [-0.2, -0.15) is 4.72 Å². The van der Waals surface area contributed by atoms with Gasteiger partial charge in [0, 0.05) is 6.04 Å². The molecule has 7 nitrogen and oxygen atoms in total. The number of carbonyl (C=O) groups is 1. The first kappa shape index (κ1) is 20.7. The van der Waals surface area contributed by atoms with Crippen molar-refractivity contribution in [2.24, 2.45) is 0 Å². The van der Waals surface area contributed by atoms with Crippen LogP contribution in [0.5, 0.6) is 5.75 Å². The van der Waals surface area contributed by atoms with Crippen LogP contribution in [0.2, 0.25) is 0 Å². The summed E-state index contributed by atoms with van der Waals surface area (Å²) in [4.78, 5) is 14.7. The quantitative estimate of drug-likeness (QED) is 0.740. The molecule has 0 unspecified atom stereocenters. The Morgan fingerprint density at radius 1 is 1.35 bits per heavy atom. The lowest BCUT2D eigenvalue weighted by Crippen LogP contribution is -2.50. The van der Waals surface area contributed by atoms with Crippen LogP contribution in [0.3, 0.4) is 0 Å². The van der Waals surface area contributed by atoms with Gasteiger partial charge in [-0.25, -0.2) is 8.42 Å². The van der Waals surface area contributed by atoms with Gasteiger partial charge in [0.2, 0.25) is 15.9 Å². The number of sulfonamides is 1. The standard InChI is InChI=1S/C18H29N3O4S/c1-5-25-17-7-6-16(12-13(17)2)26(23,24)20-14(3)18(22)19-15-8-10-21(4)11-9-15/h6-7,12,14-15,20H,5,8-11H2,1-4H3,(H,19,22)/t14-/m0/s1. The maximum atomic E-state index is 12.6. The highest BCUT2D eigenvalue weighted by Crippen LogP contribution is 2.22. The highest BCUT2D eigenvalue weighted by Gasteiger charge is 2.25. The summed E-state index contributed by atoms with van der Waals surface area (Å²) in [7, 11) is -1.73. The maximum absolute atomic E-state index is 12.6. The van der Waals surface area contributed by atoms with E-state index in [1.54, 1.807) is 26.0 Å². The molecule has 1 aliphatic rings. The van der Waals surface area contributed by atoms with Crippen LogP contribution in [0.1, 0.15) is 32.3 Å². The Hall–Kier alpha value is -1.64. The van der Waals surface area contributed by atoms with E-state index in [1.165, 1.54) is 6.07 Å². The van der Waals surface area contributed by atoms with Crippen LogP contribution >= 0.6 is 0 Å². The lowest BCUT2D eigenvalue weighted by molar-refractivity contribution is -0.123. The first-order chi connectivity index (χ1) is 12.2. The fraction of sp³-hybridized carbons (Fsp3) is 0.611. The number of piperidine rings is 1. The number of aryl methyl sites for hydroxylation is 1. The van der Waals surface area contributed by atoms with E-state index in [-0.39, 0.29) is 16.8 Å². The molecule has 2 rings (SSSR count). The smallest absolute Gasteiger partial charge is 0.241 e. The minimum atomic E-state index is -3.78. The van der Waals surface area contributed by atoms with Crippen molar-refractivity contribution in [3.8, 4) is 5.75 Å². The van der Waals surface area contributed by atoms with E-state index in [1.807, 2.05) is 14.0 Å². The van der Waals surface area contributed by atoms with Crippen molar-refractivity contribution in [3.63, 3.8) is 0 Å². The summed E-state index contributed by atoms with van der Waals surface area (Å²) in [6.45, 7) is 7.59. The SMILES string of the molecule is CCOc1ccc(S(=O)(=O)N[C@@H](C)C(=O)NC2CCN(C)CC2)cc1C. The predicted octanol–water partition coefficient (Wildman–Crippen LogP) is 1.27. The van der Waals surface area contributed by atoms with Crippen LogP contribution in [0.25, 0.3) is 0 Å². The number of hydrogen-bond donors (Lipinski definition) is 2. The van der Waals surface area contributed by atoms with Gasteiger partial charge in [0.15, 0.2) is 0 Å². The second-order valence-corrected chi connectivity index (χ2v) is 8.50. The Kier molecular flexibility index (Phi) is 7.02. The number of carbonyl (C=O) groups excluding carboxylic acids is 1. The molecular formula is C18H29N3O4S. The zero-order valence-electron chi connectivity index (χ0n) is 15.9. The molecule has 0 aliphatic carbocycles. The van der Waals surface area contributed by atoms with E-state index in [0.29, 0.717) is 12.4 Å². The summed E-state index contributed by atoms with van der Waals surface area (Å²) < 4.78 is 33.0. The van der Waals surface area contributed by atoms with Crippen LogP contribution in [-0.4, -0.2) is 58.1 Å². The molecule has 0 saturated carbocycles. The number of hydrogen-bond acceptors (Lipinski definition) is 5. The normalized spacial score (nSPS) is 17.7. The lowest BCUT2D eigenvalue weighted by Gasteiger charge is -2.30. The minimum absolute atomic E-state index is 0.0957. The fourth-order valence-corrected chi connectivity index (χ4v) is 4.23. The molecule has 146 valence electrons. The summed E-state index contributed by atoms with van der Waals surface area (Å²) >= 11 is 0. The summed E-state index contributed by atoms with van der Waals surface area (Å²) in [5.74, 6) is 0.352. The van der Waals surface area contributed by atoms with Gasteiger partial charge >= 0.3 is 0 Å². The molecule has 1 saturated heterocycles. The van der Waals surface area contributed by atoms with E-state index in [0.717, 1.165) is 31.5 Å². The number of likely N-dealkylation sites (tertiary alicyclic amines) is 1. The van der Waals surface area contributed by atoms with Gasteiger partial charge in [-0.1, -0.05) is 0 Å². The molecule has 1 aromatic carbocycles. The van der Waals surface area contributed by atoms with Gasteiger partial charge in [-0.15, -0.1) is 0 Å². The van der Waals surface area contributed by atoms with Crippen molar-refractivity contribution in [1.29, 1.82) is 0 Å². The molecule has 0 spiro atoms. The van der Waals surface area contributed by atoms with E-state index in [2.05, 4.69) is 14.9 Å². The molecule has 1 heterocycles.